The molecule has 28 heavy (non-hydrogen) atoms. The standard InChI is InChI=1S/C23H28FN3O/c24-20-8-2-4-10-22(20)26-17-15-25(16-18-26)13-6-5-11-23(28)27-14-12-19-7-1-3-9-21(19)27/h1-4,7-10H,5-6,11-18H2. The molecule has 0 atom stereocenters. The van der Waals surface area contributed by atoms with Gasteiger partial charge in [-0.05, 0) is 49.6 Å². The van der Waals surface area contributed by atoms with Crippen molar-refractivity contribution in [2.75, 3.05) is 49.1 Å². The van der Waals surface area contributed by atoms with Crippen LogP contribution in [-0.2, 0) is 11.2 Å². The topological polar surface area (TPSA) is 26.8 Å². The van der Waals surface area contributed by atoms with E-state index in [1.165, 1.54) is 11.6 Å². The molecule has 0 radical (unpaired) electrons. The van der Waals surface area contributed by atoms with Crippen LogP contribution in [0.1, 0.15) is 24.8 Å². The molecule has 0 N–H and O–H groups in total. The second-order valence-electron chi connectivity index (χ2n) is 7.66. The number of unbranched alkanes of at least 4 members (excludes halogenated alkanes) is 1. The number of piperazine rings is 1. The summed E-state index contributed by atoms with van der Waals surface area (Å²) in [5.74, 6) is 0.104. The van der Waals surface area contributed by atoms with Gasteiger partial charge < -0.3 is 9.80 Å². The molecule has 1 saturated heterocycles. The fourth-order valence-corrected chi connectivity index (χ4v) is 4.26. The van der Waals surface area contributed by atoms with E-state index in [1.807, 2.05) is 29.2 Å². The summed E-state index contributed by atoms with van der Waals surface area (Å²) in [6, 6.07) is 15.2. The van der Waals surface area contributed by atoms with Crippen LogP contribution in [0.5, 0.6) is 0 Å². The third-order valence-corrected chi connectivity index (χ3v) is 5.87. The number of nitrogens with zero attached hydrogens (tertiary/aromatic N) is 3. The highest BCUT2D eigenvalue weighted by Crippen LogP contribution is 2.28. The summed E-state index contributed by atoms with van der Waals surface area (Å²) >= 11 is 0. The van der Waals surface area contributed by atoms with Crippen molar-refractivity contribution in [3.63, 3.8) is 0 Å². The van der Waals surface area contributed by atoms with Crippen LogP contribution in [0.3, 0.4) is 0 Å². The van der Waals surface area contributed by atoms with Crippen molar-refractivity contribution < 1.29 is 9.18 Å². The summed E-state index contributed by atoms with van der Waals surface area (Å²) in [5, 5.41) is 0. The van der Waals surface area contributed by atoms with E-state index in [2.05, 4.69) is 21.9 Å². The predicted molar refractivity (Wildman–Crippen MR) is 111 cm³/mol. The second kappa shape index (κ2) is 8.74. The molecule has 0 unspecified atom stereocenters. The molecule has 4 nitrogen and oxygen atoms in total. The Morgan fingerprint density at radius 3 is 2.36 bits per heavy atom. The van der Waals surface area contributed by atoms with Crippen molar-refractivity contribution in [2.45, 2.75) is 25.7 Å². The number of hydrogen-bond acceptors (Lipinski definition) is 3. The maximum atomic E-state index is 13.9. The normalized spacial score (nSPS) is 17.0. The van der Waals surface area contributed by atoms with Gasteiger partial charge in [-0.15, -0.1) is 0 Å². The SMILES string of the molecule is O=C(CCCCN1CCN(c2ccccc2F)CC1)N1CCc2ccccc21. The number of rotatable bonds is 6. The smallest absolute Gasteiger partial charge is 0.226 e. The summed E-state index contributed by atoms with van der Waals surface area (Å²) in [5.41, 5.74) is 3.08. The van der Waals surface area contributed by atoms with Crippen LogP contribution < -0.4 is 9.80 Å². The summed E-state index contributed by atoms with van der Waals surface area (Å²) < 4.78 is 13.9. The lowest BCUT2D eigenvalue weighted by Gasteiger charge is -2.36. The van der Waals surface area contributed by atoms with Crippen LogP contribution in [-0.4, -0.2) is 50.1 Å². The fraction of sp³-hybridized carbons (Fsp3) is 0.435. The van der Waals surface area contributed by atoms with Crippen LogP contribution in [0.25, 0.3) is 0 Å². The first kappa shape index (κ1) is 18.9. The first-order valence-corrected chi connectivity index (χ1v) is 10.3. The highest BCUT2D eigenvalue weighted by molar-refractivity contribution is 5.95. The molecule has 5 heteroatoms. The van der Waals surface area contributed by atoms with Crippen LogP contribution in [0.4, 0.5) is 15.8 Å². The lowest BCUT2D eigenvalue weighted by atomic mass is 10.1. The van der Waals surface area contributed by atoms with Gasteiger partial charge >= 0.3 is 0 Å². The van der Waals surface area contributed by atoms with E-state index in [4.69, 9.17) is 0 Å². The highest BCUT2D eigenvalue weighted by Gasteiger charge is 2.24. The van der Waals surface area contributed by atoms with Crippen molar-refractivity contribution >= 4 is 17.3 Å². The Kier molecular flexibility index (Phi) is 5.91. The van der Waals surface area contributed by atoms with Crippen molar-refractivity contribution in [1.29, 1.82) is 0 Å². The van der Waals surface area contributed by atoms with Crippen molar-refractivity contribution in [3.8, 4) is 0 Å². The summed E-state index contributed by atoms with van der Waals surface area (Å²) in [4.78, 5) is 19.1. The number of para-hydroxylation sites is 2. The van der Waals surface area contributed by atoms with E-state index in [1.54, 1.807) is 6.07 Å². The Morgan fingerprint density at radius 2 is 1.57 bits per heavy atom. The molecule has 2 aromatic rings. The van der Waals surface area contributed by atoms with E-state index in [-0.39, 0.29) is 11.7 Å². The van der Waals surface area contributed by atoms with Gasteiger partial charge in [0.15, 0.2) is 0 Å². The van der Waals surface area contributed by atoms with Crippen LogP contribution in [0, 0.1) is 5.82 Å². The third kappa shape index (κ3) is 4.20. The van der Waals surface area contributed by atoms with Gasteiger partial charge in [-0.25, -0.2) is 4.39 Å². The van der Waals surface area contributed by atoms with Crippen LogP contribution >= 0.6 is 0 Å². The van der Waals surface area contributed by atoms with Gasteiger partial charge in [0.2, 0.25) is 5.91 Å². The zero-order chi connectivity index (χ0) is 19.3. The molecule has 0 saturated carbocycles. The molecule has 0 spiro atoms. The van der Waals surface area contributed by atoms with Crippen LogP contribution in [0.2, 0.25) is 0 Å². The summed E-state index contributed by atoms with van der Waals surface area (Å²) in [6.45, 7) is 5.42. The third-order valence-electron chi connectivity index (χ3n) is 5.87. The Bertz CT molecular complexity index is 817. The molecule has 0 aromatic heterocycles. The molecule has 0 aliphatic carbocycles. The summed E-state index contributed by atoms with van der Waals surface area (Å²) in [7, 11) is 0. The van der Waals surface area contributed by atoms with E-state index >= 15 is 0 Å². The van der Waals surface area contributed by atoms with E-state index in [9.17, 15) is 9.18 Å². The number of halogens is 1. The maximum Gasteiger partial charge on any atom is 0.226 e. The molecule has 1 amide bonds. The molecular formula is C23H28FN3O. The molecule has 1 fully saturated rings. The predicted octanol–water partition coefficient (Wildman–Crippen LogP) is 3.71. The molecular weight excluding hydrogens is 353 g/mol. The van der Waals surface area contributed by atoms with Gasteiger partial charge in [0.05, 0.1) is 5.69 Å². The van der Waals surface area contributed by atoms with Gasteiger partial charge in [-0.2, -0.15) is 0 Å². The average molecular weight is 381 g/mol. The van der Waals surface area contributed by atoms with E-state index in [0.717, 1.165) is 64.2 Å². The largest absolute Gasteiger partial charge is 0.367 e. The van der Waals surface area contributed by atoms with Gasteiger partial charge in [0, 0.05) is 44.8 Å². The molecule has 148 valence electrons. The summed E-state index contributed by atoms with van der Waals surface area (Å²) in [6.07, 6.45) is 3.53. The fourth-order valence-electron chi connectivity index (χ4n) is 4.26. The Morgan fingerprint density at radius 1 is 0.857 bits per heavy atom. The Balaban J connectivity index is 1.17. The quantitative estimate of drug-likeness (QED) is 0.714. The highest BCUT2D eigenvalue weighted by atomic mass is 19.1. The van der Waals surface area contributed by atoms with Gasteiger partial charge in [0.25, 0.3) is 0 Å². The van der Waals surface area contributed by atoms with Gasteiger partial charge in [-0.3, -0.25) is 9.69 Å². The maximum absolute atomic E-state index is 13.9. The monoisotopic (exact) mass is 381 g/mol. The van der Waals surface area contributed by atoms with Crippen LogP contribution in [0.15, 0.2) is 48.5 Å². The molecule has 2 heterocycles. The lowest BCUT2D eigenvalue weighted by molar-refractivity contribution is -0.118. The average Bonchev–Trinajstić information content (AvgIpc) is 3.16. The Labute approximate surface area is 166 Å². The molecule has 4 rings (SSSR count). The lowest BCUT2D eigenvalue weighted by Crippen LogP contribution is -2.46. The number of amides is 1. The van der Waals surface area contributed by atoms with E-state index in [0.29, 0.717) is 12.1 Å². The number of carbonyl (C=O) groups is 1. The molecule has 2 aromatic carbocycles. The molecule has 2 aliphatic heterocycles. The zero-order valence-corrected chi connectivity index (χ0v) is 16.3. The van der Waals surface area contributed by atoms with Crippen molar-refractivity contribution in [2.24, 2.45) is 0 Å². The van der Waals surface area contributed by atoms with Gasteiger partial charge in [-0.1, -0.05) is 30.3 Å². The number of benzene rings is 2. The molecule has 2 aliphatic rings. The first-order valence-electron chi connectivity index (χ1n) is 10.3. The number of carbonyl (C=O) groups excluding carboxylic acids is 1. The number of hydrogen-bond donors (Lipinski definition) is 0. The first-order chi connectivity index (χ1) is 13.7. The van der Waals surface area contributed by atoms with Gasteiger partial charge in [0.1, 0.15) is 5.82 Å². The number of anilines is 2. The molecule has 0 bridgehead atoms. The minimum atomic E-state index is -0.141. The minimum absolute atomic E-state index is 0.141. The van der Waals surface area contributed by atoms with Crippen molar-refractivity contribution in [3.05, 3.63) is 59.9 Å². The van der Waals surface area contributed by atoms with Crippen molar-refractivity contribution in [1.82, 2.24) is 4.90 Å². The second-order valence-corrected chi connectivity index (χ2v) is 7.66. The number of fused-ring (bicyclic) bond motifs is 1. The minimum Gasteiger partial charge on any atom is -0.367 e. The Hall–Kier alpha value is -2.40. The van der Waals surface area contributed by atoms with E-state index < -0.39 is 0 Å². The zero-order valence-electron chi connectivity index (χ0n) is 16.3.